The van der Waals surface area contributed by atoms with E-state index in [-0.39, 0.29) is 17.6 Å². The van der Waals surface area contributed by atoms with E-state index in [0.717, 1.165) is 5.00 Å². The quantitative estimate of drug-likeness (QED) is 0.687. The maximum atomic E-state index is 12.4. The molecule has 1 aliphatic heterocycles. The fourth-order valence-corrected chi connectivity index (χ4v) is 3.36. The van der Waals surface area contributed by atoms with E-state index in [1.807, 2.05) is 32.2 Å². The van der Waals surface area contributed by atoms with Crippen LogP contribution in [-0.2, 0) is 4.79 Å². The van der Waals surface area contributed by atoms with E-state index in [2.05, 4.69) is 12.6 Å². The lowest BCUT2D eigenvalue weighted by Gasteiger charge is -2.20. The number of carbonyl (C=O) groups is 2. The zero-order valence-corrected chi connectivity index (χ0v) is 13.2. The fourth-order valence-electron chi connectivity index (χ4n) is 2.19. The van der Waals surface area contributed by atoms with Gasteiger partial charge in [0.15, 0.2) is 5.78 Å². The van der Waals surface area contributed by atoms with Gasteiger partial charge in [-0.1, -0.05) is 20.8 Å². The van der Waals surface area contributed by atoms with Crippen molar-refractivity contribution >= 4 is 40.7 Å². The van der Waals surface area contributed by atoms with Gasteiger partial charge in [-0.15, -0.1) is 11.3 Å². The molecule has 3 nitrogen and oxygen atoms in total. The molecular weight excluding hydrogens is 278 g/mol. The maximum Gasteiger partial charge on any atom is 0.227 e. The highest BCUT2D eigenvalue weighted by atomic mass is 32.1. The van der Waals surface area contributed by atoms with Crippen molar-refractivity contribution in [3.05, 3.63) is 17.0 Å². The van der Waals surface area contributed by atoms with Gasteiger partial charge in [0, 0.05) is 18.4 Å². The second kappa shape index (κ2) is 5.29. The van der Waals surface area contributed by atoms with Crippen LogP contribution in [0.5, 0.6) is 0 Å². The molecule has 2 rings (SSSR count). The number of ketones is 1. The molecule has 1 atom stereocenters. The third kappa shape index (κ3) is 2.87. The Bertz CT molecular complexity index is 502. The number of thiol groups is 1. The van der Waals surface area contributed by atoms with Gasteiger partial charge in [-0.05, 0) is 23.1 Å². The van der Waals surface area contributed by atoms with Crippen molar-refractivity contribution in [3.63, 3.8) is 0 Å². The number of nitrogens with zero attached hydrogens (tertiary/aromatic N) is 1. The minimum absolute atomic E-state index is 0.0888. The molecule has 1 aromatic rings. The van der Waals surface area contributed by atoms with Gasteiger partial charge in [0.05, 0.1) is 5.56 Å². The van der Waals surface area contributed by atoms with E-state index >= 15 is 0 Å². The van der Waals surface area contributed by atoms with E-state index in [1.165, 1.54) is 11.3 Å². The van der Waals surface area contributed by atoms with Crippen molar-refractivity contribution in [1.29, 1.82) is 0 Å². The SMILES string of the molecule is CC(C)(C)C(=O)c1ccsc1N1CC(CS)CC1=O. The molecule has 104 valence electrons. The Kier molecular flexibility index (Phi) is 4.06. The van der Waals surface area contributed by atoms with Gasteiger partial charge in [0.25, 0.3) is 0 Å². The summed E-state index contributed by atoms with van der Waals surface area (Å²) in [4.78, 5) is 26.2. The van der Waals surface area contributed by atoms with Gasteiger partial charge in [-0.3, -0.25) is 9.59 Å². The summed E-state index contributed by atoms with van der Waals surface area (Å²) in [6.07, 6.45) is 0.532. The Labute approximate surface area is 123 Å². The van der Waals surface area contributed by atoms with Crippen molar-refractivity contribution < 1.29 is 9.59 Å². The Morgan fingerprint density at radius 1 is 1.53 bits per heavy atom. The second-order valence-electron chi connectivity index (χ2n) is 5.98. The average Bonchev–Trinajstić information content (AvgIpc) is 2.92. The normalized spacial score (nSPS) is 20.1. The molecule has 0 spiro atoms. The van der Waals surface area contributed by atoms with Crippen LogP contribution in [0.1, 0.15) is 37.6 Å². The molecule has 0 radical (unpaired) electrons. The van der Waals surface area contributed by atoms with Crippen LogP contribution < -0.4 is 4.90 Å². The summed E-state index contributed by atoms with van der Waals surface area (Å²) in [5.74, 6) is 1.18. The van der Waals surface area contributed by atoms with Crippen molar-refractivity contribution in [3.8, 4) is 0 Å². The fraction of sp³-hybridized carbons (Fsp3) is 0.571. The van der Waals surface area contributed by atoms with Gasteiger partial charge in [0.1, 0.15) is 5.00 Å². The summed E-state index contributed by atoms with van der Waals surface area (Å²) < 4.78 is 0. The average molecular weight is 297 g/mol. The molecule has 0 bridgehead atoms. The molecule has 0 aromatic carbocycles. The highest BCUT2D eigenvalue weighted by Gasteiger charge is 2.34. The number of hydrogen-bond acceptors (Lipinski definition) is 4. The lowest BCUT2D eigenvalue weighted by molar-refractivity contribution is -0.117. The summed E-state index contributed by atoms with van der Waals surface area (Å²) in [7, 11) is 0. The minimum atomic E-state index is -0.429. The van der Waals surface area contributed by atoms with Crippen molar-refractivity contribution in [1.82, 2.24) is 0 Å². The van der Waals surface area contributed by atoms with Gasteiger partial charge < -0.3 is 4.90 Å². The number of rotatable bonds is 3. The molecule has 1 fully saturated rings. The summed E-state index contributed by atoms with van der Waals surface area (Å²) >= 11 is 5.73. The number of carbonyl (C=O) groups excluding carboxylic acids is 2. The molecular formula is C14H19NO2S2. The molecule has 1 amide bonds. The molecule has 1 aromatic heterocycles. The summed E-state index contributed by atoms with van der Waals surface area (Å²) in [5, 5.41) is 2.68. The maximum absolute atomic E-state index is 12.4. The van der Waals surface area contributed by atoms with Gasteiger partial charge >= 0.3 is 0 Å². The van der Waals surface area contributed by atoms with Crippen LogP contribution in [0, 0.1) is 11.3 Å². The molecule has 1 aliphatic rings. The first-order chi connectivity index (χ1) is 8.84. The monoisotopic (exact) mass is 297 g/mol. The van der Waals surface area contributed by atoms with Crippen LogP contribution in [0.3, 0.4) is 0 Å². The smallest absolute Gasteiger partial charge is 0.227 e. The Balaban J connectivity index is 2.31. The zero-order chi connectivity index (χ0) is 14.2. The first-order valence-corrected chi connectivity index (χ1v) is 7.89. The molecule has 2 heterocycles. The minimum Gasteiger partial charge on any atom is -0.303 e. The lowest BCUT2D eigenvalue weighted by atomic mass is 9.87. The Morgan fingerprint density at radius 3 is 2.74 bits per heavy atom. The van der Waals surface area contributed by atoms with Crippen LogP contribution in [-0.4, -0.2) is 24.0 Å². The van der Waals surface area contributed by atoms with E-state index in [4.69, 9.17) is 0 Å². The summed E-state index contributed by atoms with van der Waals surface area (Å²) in [6.45, 7) is 6.38. The van der Waals surface area contributed by atoms with Crippen LogP contribution in [0.15, 0.2) is 11.4 Å². The summed E-state index contributed by atoms with van der Waals surface area (Å²) in [6, 6.07) is 1.83. The first kappa shape index (κ1) is 14.6. The molecule has 1 unspecified atom stereocenters. The van der Waals surface area contributed by atoms with E-state index in [0.29, 0.717) is 24.3 Å². The van der Waals surface area contributed by atoms with Crippen LogP contribution in [0.2, 0.25) is 0 Å². The van der Waals surface area contributed by atoms with E-state index < -0.39 is 5.41 Å². The summed E-state index contributed by atoms with van der Waals surface area (Å²) in [5.41, 5.74) is 0.243. The predicted molar refractivity (Wildman–Crippen MR) is 82.4 cm³/mol. The molecule has 1 saturated heterocycles. The predicted octanol–water partition coefficient (Wildman–Crippen LogP) is 3.26. The van der Waals surface area contributed by atoms with Crippen LogP contribution in [0.4, 0.5) is 5.00 Å². The molecule has 0 N–H and O–H groups in total. The van der Waals surface area contributed by atoms with Crippen molar-refractivity contribution in [2.45, 2.75) is 27.2 Å². The topological polar surface area (TPSA) is 37.4 Å². The largest absolute Gasteiger partial charge is 0.303 e. The van der Waals surface area contributed by atoms with Crippen LogP contribution >= 0.6 is 24.0 Å². The van der Waals surface area contributed by atoms with Crippen molar-refractivity contribution in [2.75, 3.05) is 17.2 Å². The Hall–Kier alpha value is -0.810. The van der Waals surface area contributed by atoms with E-state index in [1.54, 1.807) is 4.90 Å². The highest BCUT2D eigenvalue weighted by Crippen LogP contribution is 2.36. The van der Waals surface area contributed by atoms with Crippen LogP contribution in [0.25, 0.3) is 0 Å². The van der Waals surface area contributed by atoms with E-state index in [9.17, 15) is 9.59 Å². The number of Topliss-reactive ketones (excluding diaryl/α,β-unsaturated/α-hetero) is 1. The Morgan fingerprint density at radius 2 is 2.21 bits per heavy atom. The molecule has 0 aliphatic carbocycles. The third-order valence-corrected chi connectivity index (χ3v) is 4.73. The zero-order valence-electron chi connectivity index (χ0n) is 11.5. The number of hydrogen-bond donors (Lipinski definition) is 1. The van der Waals surface area contributed by atoms with Gasteiger partial charge in [-0.25, -0.2) is 0 Å². The third-order valence-electron chi connectivity index (χ3n) is 3.28. The van der Waals surface area contributed by atoms with Gasteiger partial charge in [-0.2, -0.15) is 12.6 Å². The van der Waals surface area contributed by atoms with Gasteiger partial charge in [0.2, 0.25) is 5.91 Å². The van der Waals surface area contributed by atoms with Crippen molar-refractivity contribution in [2.24, 2.45) is 11.3 Å². The number of thiophene rings is 1. The molecule has 0 saturated carbocycles. The standard InChI is InChI=1S/C14H19NO2S2/c1-14(2,3)12(17)10-4-5-19-13(10)15-7-9(8-18)6-11(15)16/h4-5,9,18H,6-8H2,1-3H3. The number of anilines is 1. The second-order valence-corrected chi connectivity index (χ2v) is 7.24. The highest BCUT2D eigenvalue weighted by molar-refractivity contribution is 7.80. The molecule has 19 heavy (non-hydrogen) atoms. The lowest BCUT2D eigenvalue weighted by Crippen LogP contribution is -2.27. The molecule has 5 heteroatoms. The number of amides is 1. The first-order valence-electron chi connectivity index (χ1n) is 6.38.